The van der Waals surface area contributed by atoms with Crippen molar-refractivity contribution in [2.45, 2.75) is 6.54 Å². The minimum absolute atomic E-state index is 0.278. The van der Waals surface area contributed by atoms with Gasteiger partial charge in [0.1, 0.15) is 0 Å². The number of hydrogen-bond donors (Lipinski definition) is 2. The number of anilines is 1. The Hall–Kier alpha value is -1.79. The van der Waals surface area contributed by atoms with Crippen molar-refractivity contribution >= 4 is 34.4 Å². The summed E-state index contributed by atoms with van der Waals surface area (Å²) in [4.78, 5) is 1.25. The molecule has 0 saturated heterocycles. The quantitative estimate of drug-likeness (QED) is 0.851. The molecule has 0 unspecified atom stereocenters. The van der Waals surface area contributed by atoms with Gasteiger partial charge in [0.2, 0.25) is 6.79 Å². The van der Waals surface area contributed by atoms with Gasteiger partial charge in [-0.15, -0.1) is 11.3 Å². The number of ether oxygens (including phenoxy) is 2. The summed E-state index contributed by atoms with van der Waals surface area (Å²) < 4.78 is 10.6. The fourth-order valence-electron chi connectivity index (χ4n) is 1.73. The zero-order chi connectivity index (χ0) is 13.1. The summed E-state index contributed by atoms with van der Waals surface area (Å²) in [6, 6.07) is 9.75. The van der Waals surface area contributed by atoms with Crippen molar-refractivity contribution in [1.82, 2.24) is 5.32 Å². The van der Waals surface area contributed by atoms with Crippen LogP contribution in [0.3, 0.4) is 0 Å². The molecule has 1 aromatic carbocycles. The predicted octanol–water partition coefficient (Wildman–Crippen LogP) is 2.96. The molecule has 4 nitrogen and oxygen atoms in total. The molecule has 0 amide bonds. The summed E-state index contributed by atoms with van der Waals surface area (Å²) in [7, 11) is 0. The van der Waals surface area contributed by atoms with Crippen LogP contribution in [0.4, 0.5) is 5.69 Å². The Kier molecular flexibility index (Phi) is 3.52. The van der Waals surface area contributed by atoms with Gasteiger partial charge < -0.3 is 20.1 Å². The second-order valence-corrected chi connectivity index (χ2v) is 5.40. The Bertz CT molecular complexity index is 584. The standard InChI is InChI=1S/C13H12N2O2S2/c18-13(14-7-10-2-1-5-19-10)15-9-3-4-11-12(6-9)17-8-16-11/h1-6H,7-8H2,(H2,14,15,18). The van der Waals surface area contributed by atoms with Gasteiger partial charge in [0, 0.05) is 16.6 Å². The topological polar surface area (TPSA) is 42.5 Å². The number of nitrogens with one attached hydrogen (secondary N) is 2. The molecule has 98 valence electrons. The van der Waals surface area contributed by atoms with Crippen LogP contribution in [0.25, 0.3) is 0 Å². The van der Waals surface area contributed by atoms with Crippen LogP contribution >= 0.6 is 23.6 Å². The molecule has 0 fully saturated rings. The van der Waals surface area contributed by atoms with Gasteiger partial charge in [-0.05, 0) is 35.8 Å². The maximum atomic E-state index is 5.32. The summed E-state index contributed by atoms with van der Waals surface area (Å²) in [5, 5.41) is 8.92. The van der Waals surface area contributed by atoms with Gasteiger partial charge in [-0.2, -0.15) is 0 Å². The Balaban J connectivity index is 1.57. The predicted molar refractivity (Wildman–Crippen MR) is 79.9 cm³/mol. The van der Waals surface area contributed by atoms with Crippen LogP contribution in [-0.4, -0.2) is 11.9 Å². The Morgan fingerprint density at radius 2 is 2.16 bits per heavy atom. The molecular formula is C13H12N2O2S2. The maximum Gasteiger partial charge on any atom is 0.231 e. The van der Waals surface area contributed by atoms with Crippen molar-refractivity contribution in [3.05, 3.63) is 40.6 Å². The van der Waals surface area contributed by atoms with E-state index in [1.165, 1.54) is 4.88 Å². The third-order valence-electron chi connectivity index (χ3n) is 2.63. The van der Waals surface area contributed by atoms with Gasteiger partial charge in [0.05, 0.1) is 6.54 Å². The summed E-state index contributed by atoms with van der Waals surface area (Å²) in [5.74, 6) is 1.51. The molecule has 0 radical (unpaired) electrons. The molecule has 0 aliphatic carbocycles. The molecule has 3 rings (SSSR count). The first-order valence-corrected chi connectivity index (χ1v) is 7.07. The van der Waals surface area contributed by atoms with Crippen molar-refractivity contribution in [2.24, 2.45) is 0 Å². The van der Waals surface area contributed by atoms with Gasteiger partial charge in [0.15, 0.2) is 16.6 Å². The monoisotopic (exact) mass is 292 g/mol. The lowest BCUT2D eigenvalue weighted by molar-refractivity contribution is 0.174. The van der Waals surface area contributed by atoms with Gasteiger partial charge in [-0.3, -0.25) is 0 Å². The van der Waals surface area contributed by atoms with E-state index in [2.05, 4.69) is 16.7 Å². The van der Waals surface area contributed by atoms with Crippen molar-refractivity contribution in [3.63, 3.8) is 0 Å². The molecule has 0 bridgehead atoms. The van der Waals surface area contributed by atoms with E-state index in [0.717, 1.165) is 23.7 Å². The second-order valence-electron chi connectivity index (χ2n) is 3.96. The first-order valence-electron chi connectivity index (χ1n) is 5.78. The van der Waals surface area contributed by atoms with Gasteiger partial charge in [-0.1, -0.05) is 6.07 Å². The van der Waals surface area contributed by atoms with E-state index < -0.39 is 0 Å². The molecule has 6 heteroatoms. The molecule has 1 aromatic heterocycles. The molecule has 2 N–H and O–H groups in total. The summed E-state index contributed by atoms with van der Waals surface area (Å²) in [6.07, 6.45) is 0. The van der Waals surface area contributed by atoms with Crippen molar-refractivity contribution < 1.29 is 9.47 Å². The van der Waals surface area contributed by atoms with Crippen molar-refractivity contribution in [1.29, 1.82) is 0 Å². The molecule has 0 spiro atoms. The fraction of sp³-hybridized carbons (Fsp3) is 0.154. The van der Waals surface area contributed by atoms with Crippen LogP contribution in [0.1, 0.15) is 4.88 Å². The molecule has 2 heterocycles. The highest BCUT2D eigenvalue weighted by Gasteiger charge is 2.13. The molecule has 0 atom stereocenters. The second kappa shape index (κ2) is 5.46. The van der Waals surface area contributed by atoms with Gasteiger partial charge in [-0.25, -0.2) is 0 Å². The normalized spacial score (nSPS) is 12.2. The van der Waals surface area contributed by atoms with Crippen LogP contribution in [0, 0.1) is 0 Å². The van der Waals surface area contributed by atoms with Crippen LogP contribution in [0.2, 0.25) is 0 Å². The summed E-state index contributed by atoms with van der Waals surface area (Å²) >= 11 is 6.95. The third-order valence-corrected chi connectivity index (χ3v) is 3.76. The smallest absolute Gasteiger partial charge is 0.231 e. The summed E-state index contributed by atoms with van der Waals surface area (Å²) in [6.45, 7) is 1.01. The number of thiophene rings is 1. The SMILES string of the molecule is S=C(NCc1cccs1)Nc1ccc2c(c1)OCO2. The van der Waals surface area contributed by atoms with E-state index in [1.807, 2.05) is 29.6 Å². The van der Waals surface area contributed by atoms with Gasteiger partial charge in [0.25, 0.3) is 0 Å². The first-order chi connectivity index (χ1) is 9.31. The van der Waals surface area contributed by atoms with E-state index >= 15 is 0 Å². The molecule has 1 aliphatic heterocycles. The first kappa shape index (κ1) is 12.3. The average Bonchev–Trinajstić information content (AvgIpc) is 3.07. The average molecular weight is 292 g/mol. The van der Waals surface area contributed by atoms with E-state index in [0.29, 0.717) is 5.11 Å². The number of rotatable bonds is 3. The lowest BCUT2D eigenvalue weighted by Crippen LogP contribution is -2.27. The number of hydrogen-bond acceptors (Lipinski definition) is 4. The number of thiocarbonyl (C=S) groups is 1. The van der Waals surface area contributed by atoms with E-state index in [9.17, 15) is 0 Å². The minimum atomic E-state index is 0.278. The number of fused-ring (bicyclic) bond motifs is 1. The minimum Gasteiger partial charge on any atom is -0.454 e. The van der Waals surface area contributed by atoms with Crippen LogP contribution in [0.15, 0.2) is 35.7 Å². The molecule has 2 aromatic rings. The van der Waals surface area contributed by atoms with Crippen molar-refractivity contribution in [2.75, 3.05) is 12.1 Å². The lowest BCUT2D eigenvalue weighted by atomic mass is 10.3. The zero-order valence-corrected chi connectivity index (χ0v) is 11.6. The number of benzene rings is 1. The lowest BCUT2D eigenvalue weighted by Gasteiger charge is -2.10. The largest absolute Gasteiger partial charge is 0.454 e. The Labute approximate surface area is 120 Å². The Morgan fingerprint density at radius 1 is 1.26 bits per heavy atom. The summed E-state index contributed by atoms with van der Waals surface area (Å²) in [5.41, 5.74) is 0.882. The molecule has 19 heavy (non-hydrogen) atoms. The van der Waals surface area contributed by atoms with Crippen LogP contribution < -0.4 is 20.1 Å². The van der Waals surface area contributed by atoms with E-state index in [1.54, 1.807) is 11.3 Å². The van der Waals surface area contributed by atoms with Gasteiger partial charge >= 0.3 is 0 Å². The molecular weight excluding hydrogens is 280 g/mol. The highest BCUT2D eigenvalue weighted by molar-refractivity contribution is 7.80. The van der Waals surface area contributed by atoms with Crippen LogP contribution in [-0.2, 0) is 6.54 Å². The van der Waals surface area contributed by atoms with E-state index in [4.69, 9.17) is 21.7 Å². The fourth-order valence-corrected chi connectivity index (χ4v) is 2.56. The Morgan fingerprint density at radius 3 is 3.00 bits per heavy atom. The third kappa shape index (κ3) is 2.97. The highest BCUT2D eigenvalue weighted by Crippen LogP contribution is 2.34. The van der Waals surface area contributed by atoms with E-state index in [-0.39, 0.29) is 6.79 Å². The molecule has 1 aliphatic rings. The highest BCUT2D eigenvalue weighted by atomic mass is 32.1. The maximum absolute atomic E-state index is 5.32. The van der Waals surface area contributed by atoms with Crippen molar-refractivity contribution in [3.8, 4) is 11.5 Å². The zero-order valence-electron chi connectivity index (χ0n) is 10.0. The molecule has 0 saturated carbocycles. The van der Waals surface area contributed by atoms with Crippen LogP contribution in [0.5, 0.6) is 11.5 Å².